The molecule has 0 aromatic heterocycles. The van der Waals surface area contributed by atoms with Crippen molar-refractivity contribution in [1.82, 2.24) is 0 Å². The molecule has 0 bridgehead atoms. The summed E-state index contributed by atoms with van der Waals surface area (Å²) in [6.07, 6.45) is 0. The van der Waals surface area contributed by atoms with Crippen LogP contribution in [0.15, 0.2) is 0 Å². The average Bonchev–Trinajstić information content (AvgIpc) is 2.54. The molecule has 110 valence electrons. The van der Waals surface area contributed by atoms with Gasteiger partial charge in [0.2, 0.25) is 0 Å². The summed E-state index contributed by atoms with van der Waals surface area (Å²) in [5.41, 5.74) is 0. The smallest absolute Gasteiger partial charge is 0.545 e. The van der Waals surface area contributed by atoms with E-state index in [1.54, 1.807) is 0 Å². The molecule has 0 aromatic carbocycles. The molecule has 0 amide bonds. The number of hydrogen-bond acceptors (Lipinski definition) is 8. The van der Waals surface area contributed by atoms with Crippen LogP contribution in [0.5, 0.6) is 0 Å². The molecule has 18 heavy (non-hydrogen) atoms. The SMILES string of the molecule is [CH-]=O.[CH-]=O.[CH-]=O.[CH-]=O.[CH-]=O.[CH-]=O.[CH-]=O.[CH-]=O.[Co+2].[Co+2]. The van der Waals surface area contributed by atoms with Crippen molar-refractivity contribution in [3.8, 4) is 0 Å². The van der Waals surface area contributed by atoms with E-state index in [0.717, 1.165) is 0 Å². The second kappa shape index (κ2) is 1200. The van der Waals surface area contributed by atoms with Gasteiger partial charge in [-0.15, -0.1) is 0 Å². The maximum Gasteiger partial charge on any atom is 2.00 e. The van der Waals surface area contributed by atoms with Crippen molar-refractivity contribution >= 4 is 54.3 Å². The van der Waals surface area contributed by atoms with Crippen LogP contribution in [0.3, 0.4) is 0 Å². The van der Waals surface area contributed by atoms with E-state index in [0.29, 0.717) is 0 Å². The Morgan fingerprint density at radius 1 is 0.222 bits per heavy atom. The van der Waals surface area contributed by atoms with Gasteiger partial charge in [-0.2, -0.15) is 0 Å². The van der Waals surface area contributed by atoms with Crippen LogP contribution in [-0.4, -0.2) is 54.3 Å². The summed E-state index contributed by atoms with van der Waals surface area (Å²) in [5.74, 6) is 0. The van der Waals surface area contributed by atoms with E-state index in [1.807, 2.05) is 0 Å². The molecule has 0 rings (SSSR count). The first-order chi connectivity index (χ1) is 8.00. The summed E-state index contributed by atoms with van der Waals surface area (Å²) in [7, 11) is 0. The largest absolute Gasteiger partial charge is 2.00 e. The van der Waals surface area contributed by atoms with Gasteiger partial charge < -0.3 is 38.4 Å². The molecule has 10 heteroatoms. The van der Waals surface area contributed by atoms with Crippen molar-refractivity contribution in [2.45, 2.75) is 0 Å². The van der Waals surface area contributed by atoms with Crippen molar-refractivity contribution in [3.63, 3.8) is 0 Å². The maximum atomic E-state index is 7.75. The predicted molar refractivity (Wildman–Crippen MR) is 54.0 cm³/mol. The van der Waals surface area contributed by atoms with Gasteiger partial charge in [0.25, 0.3) is 0 Å². The van der Waals surface area contributed by atoms with E-state index in [9.17, 15) is 0 Å². The van der Waals surface area contributed by atoms with Gasteiger partial charge in [0, 0.05) is 0 Å². The molecule has 0 spiro atoms. The first-order valence-corrected chi connectivity index (χ1v) is 1.89. The van der Waals surface area contributed by atoms with Gasteiger partial charge in [-0.1, -0.05) is 0 Å². The first kappa shape index (κ1) is 95.3. The van der Waals surface area contributed by atoms with Crippen molar-refractivity contribution in [3.05, 3.63) is 0 Å². The molecule has 0 saturated heterocycles. The zero-order valence-electron chi connectivity index (χ0n) is 8.55. The Bertz CT molecular complexity index is 49.1. The predicted octanol–water partition coefficient (Wildman–Crippen LogP) is -2.20. The van der Waals surface area contributed by atoms with Gasteiger partial charge in [0.1, 0.15) is 0 Å². The van der Waals surface area contributed by atoms with Gasteiger partial charge in [-0.3, -0.25) is 54.3 Å². The number of rotatable bonds is 0. The Labute approximate surface area is 126 Å². The topological polar surface area (TPSA) is 137 Å². The molecule has 0 N–H and O–H groups in total. The standard InChI is InChI=1S/8CHO.2Co/c8*1-2;;/h8*1H;;/q8*-1;2*+2. The maximum absolute atomic E-state index is 7.75. The normalized spacial score (nSPS) is 1.78. The quantitative estimate of drug-likeness (QED) is 0.355. The van der Waals surface area contributed by atoms with Gasteiger partial charge in [0.15, 0.2) is 0 Å². The van der Waals surface area contributed by atoms with Gasteiger partial charge in [0.05, 0.1) is 0 Å². The average molecular weight is 350 g/mol. The molecule has 0 aliphatic rings. The van der Waals surface area contributed by atoms with Gasteiger partial charge >= 0.3 is 33.6 Å². The van der Waals surface area contributed by atoms with Crippen LogP contribution in [0.2, 0.25) is 0 Å². The van der Waals surface area contributed by atoms with Crippen molar-refractivity contribution < 1.29 is 71.9 Å². The van der Waals surface area contributed by atoms with Crippen LogP contribution in [0.25, 0.3) is 0 Å². The summed E-state index contributed by atoms with van der Waals surface area (Å²) in [6, 6.07) is 0. The Balaban J connectivity index is -0.00000000500. The van der Waals surface area contributed by atoms with Crippen molar-refractivity contribution in [2.24, 2.45) is 0 Å². The Kier molecular flexibility index (Phi) is 6350. The molecule has 8 nitrogen and oxygen atoms in total. The van der Waals surface area contributed by atoms with Crippen LogP contribution in [0, 0.1) is 0 Å². The molecule has 0 aliphatic carbocycles. The van der Waals surface area contributed by atoms with Gasteiger partial charge in [-0.05, 0) is 0 Å². The third kappa shape index (κ3) is 971. The van der Waals surface area contributed by atoms with E-state index < -0.39 is 0 Å². The molecule has 0 fully saturated rings. The van der Waals surface area contributed by atoms with Crippen molar-refractivity contribution in [2.75, 3.05) is 0 Å². The Hall–Kier alpha value is -1.63. The van der Waals surface area contributed by atoms with E-state index in [2.05, 4.69) is 54.3 Å². The fourth-order valence-electron chi connectivity index (χ4n) is 0. The molecule has 0 aliphatic heterocycles. The van der Waals surface area contributed by atoms with Crippen molar-refractivity contribution in [1.29, 1.82) is 0 Å². The van der Waals surface area contributed by atoms with E-state index in [4.69, 9.17) is 38.4 Å². The number of carbonyl (C=O) groups excluding carboxylic acids is 8. The Morgan fingerprint density at radius 2 is 0.222 bits per heavy atom. The van der Waals surface area contributed by atoms with Gasteiger partial charge in [-0.25, -0.2) is 0 Å². The van der Waals surface area contributed by atoms with E-state index >= 15 is 0 Å². The third-order valence-electron chi connectivity index (χ3n) is 0. The molecular weight excluding hydrogens is 342 g/mol. The van der Waals surface area contributed by atoms with E-state index in [1.165, 1.54) is 0 Å². The molecule has 0 atom stereocenters. The first-order valence-electron chi connectivity index (χ1n) is 1.89. The molecule has 0 aromatic rings. The zero-order chi connectivity index (χ0) is 16.0. The molecule has 0 saturated carbocycles. The van der Waals surface area contributed by atoms with Crippen LogP contribution >= 0.6 is 0 Å². The fourth-order valence-corrected chi connectivity index (χ4v) is 0. The Morgan fingerprint density at radius 3 is 0.222 bits per heavy atom. The minimum absolute atomic E-state index is 0. The summed E-state index contributed by atoms with van der Waals surface area (Å²) < 4.78 is 0. The van der Waals surface area contributed by atoms with Crippen LogP contribution < -0.4 is 0 Å². The van der Waals surface area contributed by atoms with E-state index in [-0.39, 0.29) is 33.6 Å². The summed E-state index contributed by atoms with van der Waals surface area (Å²) in [5, 5.41) is 0. The molecular formula is C8H8Co2O8-4. The summed E-state index contributed by atoms with van der Waals surface area (Å²) in [4.78, 5) is 62.0. The molecule has 2 radical (unpaired) electrons. The fraction of sp³-hybridized carbons (Fsp3) is 0. The molecule has 0 unspecified atom stereocenters. The molecule has 0 heterocycles. The minimum atomic E-state index is 0. The summed E-state index contributed by atoms with van der Waals surface area (Å²) >= 11 is 0. The van der Waals surface area contributed by atoms with Crippen LogP contribution in [0.4, 0.5) is 0 Å². The number of hydrogen-bond donors (Lipinski definition) is 0. The third-order valence-corrected chi connectivity index (χ3v) is 0. The van der Waals surface area contributed by atoms with Crippen LogP contribution in [-0.2, 0) is 71.9 Å². The summed E-state index contributed by atoms with van der Waals surface area (Å²) in [6.45, 7) is 26.0. The monoisotopic (exact) mass is 350 g/mol. The van der Waals surface area contributed by atoms with Crippen LogP contribution in [0.1, 0.15) is 0 Å². The second-order valence-corrected chi connectivity index (χ2v) is 0. The minimum Gasteiger partial charge on any atom is -0.545 e. The zero-order valence-corrected chi connectivity index (χ0v) is 10.6. The second-order valence-electron chi connectivity index (χ2n) is 0.